The van der Waals surface area contributed by atoms with Crippen LogP contribution in [0.15, 0.2) is 0 Å². The molecule has 0 aliphatic heterocycles. The molecule has 10 nitrogen and oxygen atoms in total. The van der Waals surface area contributed by atoms with Gasteiger partial charge in [0.05, 0.1) is 0 Å². The second kappa shape index (κ2) is 56.5. The Morgan fingerprint density at radius 3 is 0.781 bits per heavy atom. The van der Waals surface area contributed by atoms with Crippen LogP contribution in [-0.4, -0.2) is 105 Å². The highest BCUT2D eigenvalue weighted by molar-refractivity contribution is 5.77. The number of hydrogen-bond donors (Lipinski definition) is 5. The van der Waals surface area contributed by atoms with Crippen LogP contribution in [0.5, 0.6) is 0 Å². The molecule has 434 valence electrons. The van der Waals surface area contributed by atoms with Crippen LogP contribution < -0.4 is 27.0 Å². The van der Waals surface area contributed by atoms with Gasteiger partial charge in [-0.15, -0.1) is 0 Å². The van der Waals surface area contributed by atoms with Crippen molar-refractivity contribution in [3.8, 4) is 0 Å². The Balaban J connectivity index is 4.72. The van der Waals surface area contributed by atoms with Crippen molar-refractivity contribution in [3.05, 3.63) is 0 Å². The maximum Gasteiger partial charge on any atom is 0.221 e. The topological polar surface area (TPSA) is 132 Å². The zero-order chi connectivity index (χ0) is 53.5. The first-order valence-corrected chi connectivity index (χ1v) is 32.4. The summed E-state index contributed by atoms with van der Waals surface area (Å²) < 4.78 is 0. The molecule has 3 atom stereocenters. The van der Waals surface area contributed by atoms with Crippen molar-refractivity contribution >= 4 is 17.7 Å². The lowest BCUT2D eigenvalue weighted by molar-refractivity contribution is -0.123. The van der Waals surface area contributed by atoms with E-state index in [0.29, 0.717) is 45.4 Å². The average Bonchev–Trinajstić information content (AvgIpc) is 3.36. The summed E-state index contributed by atoms with van der Waals surface area (Å²) in [6.07, 6.45) is 52.8. The Morgan fingerprint density at radius 1 is 0.329 bits per heavy atom. The van der Waals surface area contributed by atoms with E-state index in [1.54, 1.807) is 0 Å². The summed E-state index contributed by atoms with van der Waals surface area (Å²) in [5, 5.41) is 13.4. The number of amides is 3. The number of carbonyl (C=O) groups is 3. The SMILES string of the molecule is CCCCCCCCCCCCCCC(C)NC(=O)CCN(CCN)CCNCCN(CCC(=O)NC(C)CCCCCCCCCCCCCC)CCC(=O)NC(C)CCCCCCCCCCCCCC. The fourth-order valence-corrected chi connectivity index (χ4v) is 10.4. The highest BCUT2D eigenvalue weighted by Crippen LogP contribution is 2.16. The van der Waals surface area contributed by atoms with E-state index in [-0.39, 0.29) is 35.8 Å². The molecule has 0 aromatic carbocycles. The van der Waals surface area contributed by atoms with E-state index in [1.807, 2.05) is 0 Å². The summed E-state index contributed by atoms with van der Waals surface area (Å²) in [6, 6.07) is 0.566. The van der Waals surface area contributed by atoms with Gasteiger partial charge in [0.25, 0.3) is 0 Å². The summed E-state index contributed by atoms with van der Waals surface area (Å²) in [6.45, 7) is 19.7. The lowest BCUT2D eigenvalue weighted by atomic mass is 10.0. The van der Waals surface area contributed by atoms with Crippen molar-refractivity contribution in [2.24, 2.45) is 5.73 Å². The molecule has 0 aliphatic carbocycles. The van der Waals surface area contributed by atoms with Gasteiger partial charge in [0.1, 0.15) is 0 Å². The van der Waals surface area contributed by atoms with Gasteiger partial charge in [-0.3, -0.25) is 14.4 Å². The van der Waals surface area contributed by atoms with Gasteiger partial charge >= 0.3 is 0 Å². The number of nitrogens with one attached hydrogen (secondary N) is 4. The fraction of sp³-hybridized carbons (Fsp3) is 0.952. The van der Waals surface area contributed by atoms with Crippen molar-refractivity contribution < 1.29 is 14.4 Å². The molecule has 0 heterocycles. The first-order chi connectivity index (χ1) is 35.6. The number of unbranched alkanes of at least 4 members (excludes halogenated alkanes) is 33. The number of carbonyl (C=O) groups excluding carboxylic acids is 3. The van der Waals surface area contributed by atoms with Crippen LogP contribution in [-0.2, 0) is 14.4 Å². The Bertz CT molecular complexity index is 1120. The van der Waals surface area contributed by atoms with Crippen LogP contribution in [0.2, 0.25) is 0 Å². The first-order valence-electron chi connectivity index (χ1n) is 32.4. The van der Waals surface area contributed by atoms with Crippen LogP contribution in [0, 0.1) is 0 Å². The van der Waals surface area contributed by atoms with Crippen molar-refractivity contribution in [1.82, 2.24) is 31.1 Å². The van der Waals surface area contributed by atoms with Crippen LogP contribution in [0.4, 0.5) is 0 Å². The Labute approximate surface area is 455 Å². The molecule has 0 spiro atoms. The third kappa shape index (κ3) is 53.4. The molecule has 3 amide bonds. The lowest BCUT2D eigenvalue weighted by Gasteiger charge is -2.24. The zero-order valence-corrected chi connectivity index (χ0v) is 50.0. The smallest absolute Gasteiger partial charge is 0.221 e. The van der Waals surface area contributed by atoms with Gasteiger partial charge in [-0.1, -0.05) is 252 Å². The predicted octanol–water partition coefficient (Wildman–Crippen LogP) is 15.1. The van der Waals surface area contributed by atoms with Crippen molar-refractivity contribution in [1.29, 1.82) is 0 Å². The van der Waals surface area contributed by atoms with Crippen molar-refractivity contribution in [2.75, 3.05) is 58.9 Å². The molecular weight excluding hydrogens is 903 g/mol. The van der Waals surface area contributed by atoms with E-state index in [9.17, 15) is 14.4 Å². The largest absolute Gasteiger partial charge is 0.354 e. The molecule has 6 N–H and O–H groups in total. The summed E-state index contributed by atoms with van der Waals surface area (Å²) in [4.78, 5) is 43.8. The van der Waals surface area contributed by atoms with Crippen molar-refractivity contribution in [3.63, 3.8) is 0 Å². The van der Waals surface area contributed by atoms with E-state index < -0.39 is 0 Å². The second-order valence-electron chi connectivity index (χ2n) is 22.9. The number of rotatable bonds is 59. The molecule has 0 saturated heterocycles. The second-order valence-corrected chi connectivity index (χ2v) is 22.9. The van der Waals surface area contributed by atoms with Gasteiger partial charge in [0, 0.05) is 96.3 Å². The first kappa shape index (κ1) is 71.2. The predicted molar refractivity (Wildman–Crippen MR) is 319 cm³/mol. The number of hydrogen-bond acceptors (Lipinski definition) is 7. The normalized spacial score (nSPS) is 12.9. The summed E-state index contributed by atoms with van der Waals surface area (Å²) in [5.74, 6) is 0.331. The Hall–Kier alpha value is -1.75. The molecule has 0 aromatic heterocycles. The minimum Gasteiger partial charge on any atom is -0.354 e. The maximum atomic E-state index is 13.2. The lowest BCUT2D eigenvalue weighted by Crippen LogP contribution is -2.42. The molecule has 73 heavy (non-hydrogen) atoms. The minimum absolute atomic E-state index is 0.102. The molecule has 0 bridgehead atoms. The van der Waals surface area contributed by atoms with Gasteiger partial charge in [-0.2, -0.15) is 0 Å². The van der Waals surface area contributed by atoms with Gasteiger partial charge in [-0.05, 0) is 40.0 Å². The molecule has 0 aromatic rings. The van der Waals surface area contributed by atoms with Crippen molar-refractivity contribution in [2.45, 2.75) is 329 Å². The number of nitrogens with two attached hydrogens (primary N) is 1. The summed E-state index contributed by atoms with van der Waals surface area (Å²) in [7, 11) is 0. The van der Waals surface area contributed by atoms with Gasteiger partial charge in [0.2, 0.25) is 17.7 Å². The van der Waals surface area contributed by atoms with Crippen LogP contribution in [0.25, 0.3) is 0 Å². The Morgan fingerprint density at radius 2 is 0.548 bits per heavy atom. The third-order valence-electron chi connectivity index (χ3n) is 15.3. The van der Waals surface area contributed by atoms with Gasteiger partial charge < -0.3 is 36.8 Å². The van der Waals surface area contributed by atoms with E-state index in [0.717, 1.165) is 64.8 Å². The monoisotopic (exact) mass is 1030 g/mol. The maximum absolute atomic E-state index is 13.2. The van der Waals surface area contributed by atoms with E-state index in [2.05, 4.69) is 72.6 Å². The van der Waals surface area contributed by atoms with E-state index in [1.165, 1.54) is 218 Å². The van der Waals surface area contributed by atoms with E-state index in [4.69, 9.17) is 5.73 Å². The fourth-order valence-electron chi connectivity index (χ4n) is 10.4. The standard InChI is InChI=1S/C63H129N7O3/c1-7-10-13-16-19-22-25-28-31-34-37-40-43-58(4)66-61(71)46-52-69(53-47-62(72)67-59(5)44-41-38-35-32-29-26-23-20-17-14-11-8-2)56-50-65-51-57-70(55-49-64)54-48-63(73)68-60(6)45-42-39-36-33-30-27-24-21-18-15-12-9-3/h58-60,65H,7-57,64H2,1-6H3,(H,66,71)(H,67,72)(H,68,73). The summed E-state index contributed by atoms with van der Waals surface area (Å²) in [5.41, 5.74) is 6.00. The number of nitrogens with zero attached hydrogens (tertiary/aromatic N) is 2. The van der Waals surface area contributed by atoms with Crippen LogP contribution in [0.3, 0.4) is 0 Å². The minimum atomic E-state index is 0.102. The van der Waals surface area contributed by atoms with Crippen LogP contribution >= 0.6 is 0 Å². The molecular formula is C63H129N7O3. The average molecular weight is 1030 g/mol. The van der Waals surface area contributed by atoms with Gasteiger partial charge in [-0.25, -0.2) is 0 Å². The molecule has 0 saturated carbocycles. The van der Waals surface area contributed by atoms with E-state index >= 15 is 0 Å². The molecule has 10 heteroatoms. The quantitative estimate of drug-likeness (QED) is 0.0383. The molecule has 0 aliphatic rings. The highest BCUT2D eigenvalue weighted by atomic mass is 16.2. The summed E-state index contributed by atoms with van der Waals surface area (Å²) >= 11 is 0. The Kier molecular flexibility index (Phi) is 55.1. The third-order valence-corrected chi connectivity index (χ3v) is 15.3. The highest BCUT2D eigenvalue weighted by Gasteiger charge is 2.15. The molecule has 0 rings (SSSR count). The molecule has 0 fully saturated rings. The van der Waals surface area contributed by atoms with Crippen LogP contribution in [0.1, 0.15) is 311 Å². The zero-order valence-electron chi connectivity index (χ0n) is 50.0. The molecule has 0 radical (unpaired) electrons. The van der Waals surface area contributed by atoms with Gasteiger partial charge in [0.15, 0.2) is 0 Å². The molecule has 3 unspecified atom stereocenters.